The van der Waals surface area contributed by atoms with Gasteiger partial charge in [0.05, 0.1) is 0 Å². The van der Waals surface area contributed by atoms with E-state index in [0.29, 0.717) is 11.9 Å². The molecule has 7 heteroatoms. The molecule has 0 aromatic carbocycles. The first-order valence-electron chi connectivity index (χ1n) is 8.35. The van der Waals surface area contributed by atoms with Crippen LogP contribution in [0, 0.1) is 0 Å². The number of nitrogens with two attached hydrogens (primary N) is 1. The molecule has 0 radical (unpaired) electrons. The van der Waals surface area contributed by atoms with Gasteiger partial charge in [-0.1, -0.05) is 40.0 Å². The molecule has 6 nitrogen and oxygen atoms in total. The highest BCUT2D eigenvalue weighted by Crippen LogP contribution is 2.39. The van der Waals surface area contributed by atoms with Crippen LogP contribution >= 0.6 is 0 Å². The SMILES string of the molecule is C.CCCCC1(NCCC(N)CCCCB(O)O)CC1.O=C=O. The molecule has 0 bridgehead atoms. The third-order valence-corrected chi connectivity index (χ3v) is 4.16. The minimum atomic E-state index is -1.16. The van der Waals surface area contributed by atoms with E-state index in [1.54, 1.807) is 0 Å². The summed E-state index contributed by atoms with van der Waals surface area (Å²) < 4.78 is 0. The summed E-state index contributed by atoms with van der Waals surface area (Å²) >= 11 is 0. The summed E-state index contributed by atoms with van der Waals surface area (Å²) in [5.74, 6) is 0. The van der Waals surface area contributed by atoms with Gasteiger partial charge in [0.1, 0.15) is 0 Å². The molecule has 1 atom stereocenters. The lowest BCUT2D eigenvalue weighted by atomic mass is 9.83. The summed E-state index contributed by atoms with van der Waals surface area (Å²) in [6, 6.07) is 0.241. The Morgan fingerprint density at radius 1 is 1.22 bits per heavy atom. The molecule has 1 aliphatic rings. The van der Waals surface area contributed by atoms with Gasteiger partial charge in [0.2, 0.25) is 0 Å². The Bertz CT molecular complexity index is 306. The fourth-order valence-corrected chi connectivity index (χ4v) is 2.58. The van der Waals surface area contributed by atoms with Crippen LogP contribution in [-0.2, 0) is 9.59 Å². The molecule has 0 aromatic heterocycles. The minimum Gasteiger partial charge on any atom is -0.427 e. The van der Waals surface area contributed by atoms with Crippen molar-refractivity contribution in [2.75, 3.05) is 6.54 Å². The summed E-state index contributed by atoms with van der Waals surface area (Å²) in [5, 5.41) is 21.2. The molecule has 5 N–H and O–H groups in total. The maximum atomic E-state index is 8.74. The van der Waals surface area contributed by atoms with E-state index in [2.05, 4.69) is 12.2 Å². The minimum absolute atomic E-state index is 0. The molecule has 0 aromatic rings. The van der Waals surface area contributed by atoms with Gasteiger partial charge in [-0.05, 0) is 45.0 Å². The standard InChI is InChI=1S/C14H31BN2O2.CO2.CH4/c1-2-3-8-14(9-10-14)17-12-7-13(16)6-4-5-11-15(18)19;2-1-3;/h13,17-19H,2-12,16H2,1H3;;1H4. The topological polar surface area (TPSA) is 113 Å². The summed E-state index contributed by atoms with van der Waals surface area (Å²) in [6.07, 6.45) is 11.1. The molecule has 1 fully saturated rings. The van der Waals surface area contributed by atoms with Crippen LogP contribution in [0.3, 0.4) is 0 Å². The predicted octanol–water partition coefficient (Wildman–Crippen LogP) is 1.71. The lowest BCUT2D eigenvalue weighted by Gasteiger charge is -2.19. The average molecular weight is 330 g/mol. The summed E-state index contributed by atoms with van der Waals surface area (Å²) in [5.41, 5.74) is 6.53. The Hall–Kier alpha value is -0.715. The van der Waals surface area contributed by atoms with Gasteiger partial charge in [0.25, 0.3) is 0 Å². The van der Waals surface area contributed by atoms with Crippen molar-refractivity contribution in [2.24, 2.45) is 5.73 Å². The quantitative estimate of drug-likeness (QED) is 0.320. The van der Waals surface area contributed by atoms with Gasteiger partial charge in [-0.3, -0.25) is 0 Å². The Morgan fingerprint density at radius 2 is 1.83 bits per heavy atom. The number of hydrogen-bond acceptors (Lipinski definition) is 6. The molecular formula is C16H35BN2O4. The highest BCUT2D eigenvalue weighted by atomic mass is 16.4. The van der Waals surface area contributed by atoms with Crippen molar-refractivity contribution in [3.63, 3.8) is 0 Å². The molecule has 0 aliphatic heterocycles. The van der Waals surface area contributed by atoms with Crippen molar-refractivity contribution in [1.82, 2.24) is 5.32 Å². The summed E-state index contributed by atoms with van der Waals surface area (Å²) in [4.78, 5) is 16.2. The Kier molecular flexibility index (Phi) is 15.8. The summed E-state index contributed by atoms with van der Waals surface area (Å²) in [7, 11) is -1.16. The Balaban J connectivity index is 0. The van der Waals surface area contributed by atoms with Crippen LogP contribution in [-0.4, -0.2) is 41.4 Å². The predicted molar refractivity (Wildman–Crippen MR) is 92.7 cm³/mol. The van der Waals surface area contributed by atoms with E-state index in [-0.39, 0.29) is 19.6 Å². The fraction of sp³-hybridized carbons (Fsp3) is 0.938. The molecular weight excluding hydrogens is 295 g/mol. The van der Waals surface area contributed by atoms with Crippen molar-refractivity contribution in [3.8, 4) is 0 Å². The number of hydrogen-bond donors (Lipinski definition) is 4. The van der Waals surface area contributed by atoms with E-state index in [9.17, 15) is 0 Å². The van der Waals surface area contributed by atoms with Gasteiger partial charge in [0.15, 0.2) is 0 Å². The van der Waals surface area contributed by atoms with E-state index in [1.807, 2.05) is 0 Å². The van der Waals surface area contributed by atoms with Crippen molar-refractivity contribution in [2.45, 2.75) is 90.0 Å². The Morgan fingerprint density at radius 3 is 2.30 bits per heavy atom. The number of nitrogens with one attached hydrogen (secondary N) is 1. The van der Waals surface area contributed by atoms with Gasteiger partial charge in [-0.15, -0.1) is 0 Å². The molecule has 1 saturated carbocycles. The molecule has 0 saturated heterocycles. The molecule has 0 amide bonds. The van der Waals surface area contributed by atoms with Gasteiger partial charge in [-0.25, -0.2) is 0 Å². The zero-order valence-electron chi connectivity index (χ0n) is 13.7. The van der Waals surface area contributed by atoms with Crippen LogP contribution < -0.4 is 11.1 Å². The van der Waals surface area contributed by atoms with Crippen LogP contribution in [0.15, 0.2) is 0 Å². The van der Waals surface area contributed by atoms with Gasteiger partial charge in [-0.2, -0.15) is 9.59 Å². The van der Waals surface area contributed by atoms with Crippen molar-refractivity contribution < 1.29 is 19.6 Å². The first-order valence-corrected chi connectivity index (χ1v) is 8.35. The summed E-state index contributed by atoms with van der Waals surface area (Å²) in [6.45, 7) is 3.27. The third-order valence-electron chi connectivity index (χ3n) is 4.16. The van der Waals surface area contributed by atoms with Crippen LogP contribution in [0.4, 0.5) is 0 Å². The van der Waals surface area contributed by atoms with Crippen molar-refractivity contribution in [1.29, 1.82) is 0 Å². The van der Waals surface area contributed by atoms with E-state index in [0.717, 1.165) is 32.2 Å². The molecule has 1 rings (SSSR count). The number of rotatable bonds is 12. The van der Waals surface area contributed by atoms with Crippen LogP contribution in [0.2, 0.25) is 6.32 Å². The van der Waals surface area contributed by atoms with E-state index >= 15 is 0 Å². The van der Waals surface area contributed by atoms with Gasteiger partial charge < -0.3 is 21.1 Å². The second kappa shape index (κ2) is 14.9. The van der Waals surface area contributed by atoms with E-state index < -0.39 is 7.12 Å². The van der Waals surface area contributed by atoms with Crippen LogP contribution in [0.1, 0.15) is 72.1 Å². The Labute approximate surface area is 141 Å². The van der Waals surface area contributed by atoms with Gasteiger partial charge in [0, 0.05) is 11.6 Å². The molecule has 136 valence electrons. The van der Waals surface area contributed by atoms with Crippen LogP contribution in [0.5, 0.6) is 0 Å². The first kappa shape index (κ1) is 24.5. The van der Waals surface area contributed by atoms with Gasteiger partial charge >= 0.3 is 13.3 Å². The van der Waals surface area contributed by atoms with Crippen LogP contribution in [0.25, 0.3) is 0 Å². The maximum Gasteiger partial charge on any atom is 0.451 e. The first-order chi connectivity index (χ1) is 10.5. The maximum absolute atomic E-state index is 8.74. The largest absolute Gasteiger partial charge is 0.451 e. The normalized spacial score (nSPS) is 15.5. The zero-order valence-corrected chi connectivity index (χ0v) is 13.7. The third kappa shape index (κ3) is 14.6. The molecule has 1 aliphatic carbocycles. The van der Waals surface area contributed by atoms with Crippen molar-refractivity contribution >= 4 is 13.3 Å². The molecule has 0 spiro atoms. The number of unbranched alkanes of at least 4 members (excludes halogenated alkanes) is 2. The monoisotopic (exact) mass is 330 g/mol. The molecule has 0 heterocycles. The number of carbonyl (C=O) groups excluding carboxylic acids is 2. The molecule has 23 heavy (non-hydrogen) atoms. The lowest BCUT2D eigenvalue weighted by molar-refractivity contribution is -0.191. The lowest BCUT2D eigenvalue weighted by Crippen LogP contribution is -2.35. The highest BCUT2D eigenvalue weighted by Gasteiger charge is 2.40. The fourth-order valence-electron chi connectivity index (χ4n) is 2.58. The molecule has 1 unspecified atom stereocenters. The smallest absolute Gasteiger partial charge is 0.427 e. The second-order valence-corrected chi connectivity index (χ2v) is 6.21. The van der Waals surface area contributed by atoms with E-state index in [4.69, 9.17) is 25.4 Å². The average Bonchev–Trinajstić information content (AvgIpc) is 3.22. The van der Waals surface area contributed by atoms with Crippen molar-refractivity contribution in [3.05, 3.63) is 0 Å². The highest BCUT2D eigenvalue weighted by molar-refractivity contribution is 6.40. The second-order valence-electron chi connectivity index (χ2n) is 6.21. The van der Waals surface area contributed by atoms with E-state index in [1.165, 1.54) is 32.1 Å². The zero-order chi connectivity index (χ0) is 16.8.